The van der Waals surface area contributed by atoms with Gasteiger partial charge < -0.3 is 5.32 Å². The van der Waals surface area contributed by atoms with E-state index in [1.54, 1.807) is 49.4 Å². The van der Waals surface area contributed by atoms with Crippen molar-refractivity contribution in [3.8, 4) is 0 Å². The Morgan fingerprint density at radius 1 is 0.805 bits per heavy atom. The van der Waals surface area contributed by atoms with E-state index in [-0.39, 0.29) is 26.6 Å². The number of aryl methyl sites for hydroxylation is 1. The molecule has 0 saturated carbocycles. The lowest BCUT2D eigenvalue weighted by Gasteiger charge is -2.20. The van der Waals surface area contributed by atoms with Crippen LogP contribution in [0.4, 0.5) is 11.4 Å². The van der Waals surface area contributed by atoms with Crippen molar-refractivity contribution in [2.45, 2.75) is 16.7 Å². The molecule has 0 radical (unpaired) electrons. The van der Waals surface area contributed by atoms with E-state index in [0.717, 1.165) is 9.87 Å². The molecule has 2 amide bonds. The van der Waals surface area contributed by atoms with Crippen LogP contribution in [0.5, 0.6) is 0 Å². The smallest absolute Gasteiger partial charge is 0.267 e. The van der Waals surface area contributed by atoms with Crippen LogP contribution in [0.15, 0.2) is 105 Å². The van der Waals surface area contributed by atoms with Gasteiger partial charge in [-0.2, -0.15) is 0 Å². The average molecular weight is 677 g/mol. The molecule has 0 aliphatic heterocycles. The van der Waals surface area contributed by atoms with Crippen molar-refractivity contribution < 1.29 is 26.4 Å². The van der Waals surface area contributed by atoms with Crippen LogP contribution in [-0.4, -0.2) is 35.7 Å². The fraction of sp³-hybridized carbons (Fsp3) is 0.0714. The molecule has 4 aromatic rings. The number of carbonyl (C=O) groups excluding carboxylic acids is 2. The maximum atomic E-state index is 13.2. The van der Waals surface area contributed by atoms with Crippen molar-refractivity contribution in [2.24, 2.45) is 0 Å². The van der Waals surface area contributed by atoms with Crippen LogP contribution in [-0.2, 0) is 20.0 Å². The number of halogens is 2. The summed E-state index contributed by atoms with van der Waals surface area (Å²) in [5, 5.41) is 3.03. The molecule has 0 bridgehead atoms. The van der Waals surface area contributed by atoms with Gasteiger partial charge in [-0.25, -0.2) is 21.6 Å². The van der Waals surface area contributed by atoms with Crippen molar-refractivity contribution in [1.82, 2.24) is 4.72 Å². The monoisotopic (exact) mass is 675 g/mol. The van der Waals surface area contributed by atoms with Crippen molar-refractivity contribution >= 4 is 70.8 Å². The summed E-state index contributed by atoms with van der Waals surface area (Å²) >= 11 is 9.16. The van der Waals surface area contributed by atoms with Crippen LogP contribution in [0.2, 0.25) is 5.02 Å². The minimum atomic E-state index is -4.20. The predicted molar refractivity (Wildman–Crippen MR) is 161 cm³/mol. The van der Waals surface area contributed by atoms with Gasteiger partial charge in [0, 0.05) is 22.1 Å². The Bertz CT molecular complexity index is 1850. The Labute approximate surface area is 251 Å². The Kier molecular flexibility index (Phi) is 8.88. The Balaban J connectivity index is 1.59. The second-order valence-corrected chi connectivity index (χ2v) is 13.9. The number of sulfonamides is 2. The second kappa shape index (κ2) is 12.0. The standard InChI is InChI=1S/C28H23BrClN3O6S2/c1-18-6-13-23(14-7-18)40(36,37)32-28(35)25-17-20(29)8-15-26(25)31-27(34)19-4-3-5-24(16-19)41(38,39)33(2)22-11-9-21(30)10-12-22/h3-17H,1-2H3,(H,31,34)(H,32,35). The van der Waals surface area contributed by atoms with Gasteiger partial charge in [-0.15, -0.1) is 0 Å². The number of nitrogens with one attached hydrogen (secondary N) is 2. The van der Waals surface area contributed by atoms with Gasteiger partial charge in [-0.1, -0.05) is 51.3 Å². The maximum absolute atomic E-state index is 13.2. The third-order valence-corrected chi connectivity index (χ3v) is 9.85. The molecule has 4 aromatic carbocycles. The second-order valence-electron chi connectivity index (χ2n) is 8.87. The van der Waals surface area contributed by atoms with E-state index in [4.69, 9.17) is 11.6 Å². The highest BCUT2D eigenvalue weighted by molar-refractivity contribution is 9.10. The molecule has 4 rings (SSSR count). The van der Waals surface area contributed by atoms with Crippen LogP contribution >= 0.6 is 27.5 Å². The molecule has 0 saturated heterocycles. The van der Waals surface area contributed by atoms with Crippen LogP contribution in [0.25, 0.3) is 0 Å². The van der Waals surface area contributed by atoms with Crippen LogP contribution in [0.3, 0.4) is 0 Å². The Morgan fingerprint density at radius 2 is 1.46 bits per heavy atom. The molecule has 0 heterocycles. The number of benzene rings is 4. The molecule has 0 unspecified atom stereocenters. The maximum Gasteiger partial charge on any atom is 0.267 e. The molecule has 0 aliphatic carbocycles. The van der Waals surface area contributed by atoms with Gasteiger partial charge in [0.05, 0.1) is 26.7 Å². The first-order valence-electron chi connectivity index (χ1n) is 11.9. The summed E-state index contributed by atoms with van der Waals surface area (Å²) in [7, 11) is -6.86. The molecular weight excluding hydrogens is 654 g/mol. The van der Waals surface area contributed by atoms with Gasteiger partial charge in [0.15, 0.2) is 0 Å². The number of amides is 2. The predicted octanol–water partition coefficient (Wildman–Crippen LogP) is 5.61. The minimum Gasteiger partial charge on any atom is -0.321 e. The van der Waals surface area contributed by atoms with Crippen LogP contribution in [0.1, 0.15) is 26.3 Å². The highest BCUT2D eigenvalue weighted by Crippen LogP contribution is 2.26. The van der Waals surface area contributed by atoms with E-state index >= 15 is 0 Å². The first-order valence-corrected chi connectivity index (χ1v) is 16.0. The average Bonchev–Trinajstić information content (AvgIpc) is 2.94. The van der Waals surface area contributed by atoms with E-state index < -0.39 is 31.9 Å². The summed E-state index contributed by atoms with van der Waals surface area (Å²) in [6, 6.07) is 21.9. The molecule has 0 fully saturated rings. The van der Waals surface area contributed by atoms with Gasteiger partial charge >= 0.3 is 0 Å². The van der Waals surface area contributed by atoms with Crippen molar-refractivity contribution in [3.63, 3.8) is 0 Å². The number of carbonyl (C=O) groups is 2. The zero-order chi connectivity index (χ0) is 29.9. The molecule has 212 valence electrons. The molecule has 0 spiro atoms. The van der Waals surface area contributed by atoms with E-state index in [0.29, 0.717) is 15.2 Å². The van der Waals surface area contributed by atoms with E-state index in [9.17, 15) is 26.4 Å². The van der Waals surface area contributed by atoms with Crippen molar-refractivity contribution in [1.29, 1.82) is 0 Å². The first-order chi connectivity index (χ1) is 19.3. The molecule has 9 nitrogen and oxygen atoms in total. The zero-order valence-corrected chi connectivity index (χ0v) is 25.6. The van der Waals surface area contributed by atoms with Gasteiger partial charge in [0.2, 0.25) is 0 Å². The molecular formula is C28H23BrClN3O6S2. The summed E-state index contributed by atoms with van der Waals surface area (Å²) in [5.41, 5.74) is 1.10. The number of nitrogens with zero attached hydrogens (tertiary/aromatic N) is 1. The fourth-order valence-electron chi connectivity index (χ4n) is 3.71. The lowest BCUT2D eigenvalue weighted by atomic mass is 10.1. The SMILES string of the molecule is Cc1ccc(S(=O)(=O)NC(=O)c2cc(Br)ccc2NC(=O)c2cccc(S(=O)(=O)N(C)c3ccc(Cl)cc3)c2)cc1. The molecule has 0 aromatic heterocycles. The van der Waals surface area contributed by atoms with Crippen molar-refractivity contribution in [2.75, 3.05) is 16.7 Å². The molecule has 13 heteroatoms. The van der Waals surface area contributed by atoms with Crippen LogP contribution < -0.4 is 14.3 Å². The molecule has 0 atom stereocenters. The summed E-state index contributed by atoms with van der Waals surface area (Å²) < 4.78 is 55.6. The largest absolute Gasteiger partial charge is 0.321 e. The quantitative estimate of drug-likeness (QED) is 0.250. The van der Waals surface area contributed by atoms with Gasteiger partial charge in [-0.3, -0.25) is 13.9 Å². The summed E-state index contributed by atoms with van der Waals surface area (Å²) in [6.07, 6.45) is 0. The van der Waals surface area contributed by atoms with E-state index in [1.165, 1.54) is 55.6 Å². The molecule has 2 N–H and O–H groups in total. The van der Waals surface area contributed by atoms with Gasteiger partial charge in [-0.05, 0) is 79.7 Å². The number of hydrogen-bond donors (Lipinski definition) is 2. The summed E-state index contributed by atoms with van der Waals surface area (Å²) in [4.78, 5) is 26.0. The highest BCUT2D eigenvalue weighted by Gasteiger charge is 2.24. The molecule has 0 aliphatic rings. The van der Waals surface area contributed by atoms with Crippen LogP contribution in [0, 0.1) is 6.92 Å². The lowest BCUT2D eigenvalue weighted by Crippen LogP contribution is -2.31. The minimum absolute atomic E-state index is 0.00265. The lowest BCUT2D eigenvalue weighted by molar-refractivity contribution is 0.0982. The van der Waals surface area contributed by atoms with Gasteiger partial charge in [0.1, 0.15) is 0 Å². The number of rotatable bonds is 8. The third-order valence-electron chi connectivity index (χ3n) is 5.98. The Morgan fingerprint density at radius 3 is 2.12 bits per heavy atom. The number of anilines is 2. The highest BCUT2D eigenvalue weighted by atomic mass is 79.9. The van der Waals surface area contributed by atoms with E-state index in [2.05, 4.69) is 21.2 Å². The summed E-state index contributed by atoms with van der Waals surface area (Å²) in [5.74, 6) is -1.68. The topological polar surface area (TPSA) is 130 Å². The normalized spacial score (nSPS) is 11.5. The first kappa shape index (κ1) is 30.3. The zero-order valence-electron chi connectivity index (χ0n) is 21.6. The van der Waals surface area contributed by atoms with Crippen molar-refractivity contribution in [3.05, 3.63) is 117 Å². The fourth-order valence-corrected chi connectivity index (χ4v) is 6.40. The van der Waals surface area contributed by atoms with Gasteiger partial charge in [0.25, 0.3) is 31.9 Å². The van der Waals surface area contributed by atoms with E-state index in [1.807, 2.05) is 4.72 Å². The third kappa shape index (κ3) is 6.96. The summed E-state index contributed by atoms with van der Waals surface area (Å²) in [6.45, 7) is 1.80. The number of hydrogen-bond acceptors (Lipinski definition) is 6. The molecule has 41 heavy (non-hydrogen) atoms. The Hall–Kier alpha value is -3.71.